The maximum absolute atomic E-state index is 14.0. The number of nitrogens with one attached hydrogen (secondary N) is 1. The SMILES string of the molecule is CCOc1cc(/C=C2/SC(=O)N(CC(=O)Nc3ccc(OC)cc3)C2=O)cc(I)c1OCc1ccccc1F. The fourth-order valence-corrected chi connectivity index (χ4v) is 5.27. The number of anilines is 1. The maximum atomic E-state index is 14.0. The number of thioether (sulfide) groups is 1. The minimum absolute atomic E-state index is 0.0135. The van der Waals surface area contributed by atoms with Crippen LogP contribution < -0.4 is 19.5 Å². The molecule has 1 saturated heterocycles. The summed E-state index contributed by atoms with van der Waals surface area (Å²) in [7, 11) is 1.54. The van der Waals surface area contributed by atoms with E-state index in [0.717, 1.165) is 16.7 Å². The van der Waals surface area contributed by atoms with Crippen LogP contribution in [-0.4, -0.2) is 42.2 Å². The van der Waals surface area contributed by atoms with Gasteiger partial charge in [-0.3, -0.25) is 19.3 Å². The van der Waals surface area contributed by atoms with Crippen LogP contribution in [0.5, 0.6) is 17.2 Å². The van der Waals surface area contributed by atoms with Gasteiger partial charge in [-0.05, 0) is 95.4 Å². The molecule has 4 rings (SSSR count). The van der Waals surface area contributed by atoms with Crippen LogP contribution in [0.3, 0.4) is 0 Å². The van der Waals surface area contributed by atoms with Gasteiger partial charge in [-0.15, -0.1) is 0 Å². The molecule has 11 heteroatoms. The van der Waals surface area contributed by atoms with Crippen molar-refractivity contribution in [3.05, 3.63) is 86.1 Å². The van der Waals surface area contributed by atoms with Gasteiger partial charge in [-0.1, -0.05) is 18.2 Å². The Balaban J connectivity index is 1.48. The van der Waals surface area contributed by atoms with Gasteiger partial charge in [0.1, 0.15) is 24.7 Å². The third-order valence-corrected chi connectivity index (χ3v) is 7.22. The highest BCUT2D eigenvalue weighted by Crippen LogP contribution is 2.38. The highest BCUT2D eigenvalue weighted by atomic mass is 127. The number of hydrogen-bond donors (Lipinski definition) is 1. The summed E-state index contributed by atoms with van der Waals surface area (Å²) in [5.74, 6) is 0.0636. The molecule has 202 valence electrons. The number of carbonyl (C=O) groups excluding carboxylic acids is 3. The molecule has 0 unspecified atom stereocenters. The first-order chi connectivity index (χ1) is 18.8. The van der Waals surface area contributed by atoms with Gasteiger partial charge < -0.3 is 19.5 Å². The third-order valence-electron chi connectivity index (χ3n) is 5.51. The Morgan fingerprint density at radius 1 is 1.10 bits per heavy atom. The van der Waals surface area contributed by atoms with Gasteiger partial charge in [-0.2, -0.15) is 0 Å². The number of benzene rings is 3. The van der Waals surface area contributed by atoms with Crippen molar-refractivity contribution in [2.24, 2.45) is 0 Å². The smallest absolute Gasteiger partial charge is 0.294 e. The van der Waals surface area contributed by atoms with Gasteiger partial charge in [0.05, 0.1) is 22.2 Å². The van der Waals surface area contributed by atoms with Crippen LogP contribution in [0.2, 0.25) is 0 Å². The van der Waals surface area contributed by atoms with E-state index < -0.39 is 23.6 Å². The van der Waals surface area contributed by atoms with Crippen molar-refractivity contribution in [3.63, 3.8) is 0 Å². The standard InChI is InChI=1S/C28H24FIN2O6S/c1-3-37-23-13-17(12-22(30)26(23)38-16-18-6-4-5-7-21(18)29)14-24-27(34)32(28(35)39-24)15-25(33)31-19-8-10-20(36-2)11-9-19/h4-14H,3,15-16H2,1-2H3,(H,31,33)/b24-14+. The zero-order chi connectivity index (χ0) is 27.9. The van der Waals surface area contributed by atoms with Crippen LogP contribution in [0, 0.1) is 9.39 Å². The molecule has 3 aromatic carbocycles. The summed E-state index contributed by atoms with van der Waals surface area (Å²) in [6.07, 6.45) is 1.57. The molecule has 1 fully saturated rings. The summed E-state index contributed by atoms with van der Waals surface area (Å²) in [5.41, 5.74) is 1.53. The normalized spacial score (nSPS) is 14.1. The number of amides is 3. The zero-order valence-electron chi connectivity index (χ0n) is 21.0. The van der Waals surface area contributed by atoms with Crippen molar-refractivity contribution < 1.29 is 33.0 Å². The lowest BCUT2D eigenvalue weighted by molar-refractivity contribution is -0.127. The molecule has 0 atom stereocenters. The molecule has 3 amide bonds. The topological polar surface area (TPSA) is 94.2 Å². The average molecular weight is 662 g/mol. The zero-order valence-corrected chi connectivity index (χ0v) is 24.0. The Morgan fingerprint density at radius 2 is 1.85 bits per heavy atom. The summed E-state index contributed by atoms with van der Waals surface area (Å²) in [4.78, 5) is 39.1. The minimum atomic E-state index is -0.567. The summed E-state index contributed by atoms with van der Waals surface area (Å²) < 4.78 is 31.5. The molecule has 8 nitrogen and oxygen atoms in total. The lowest BCUT2D eigenvalue weighted by atomic mass is 10.1. The first kappa shape index (κ1) is 28.4. The van der Waals surface area contributed by atoms with Crippen LogP contribution in [0.25, 0.3) is 6.08 Å². The van der Waals surface area contributed by atoms with Crippen LogP contribution in [0.4, 0.5) is 14.9 Å². The second kappa shape index (κ2) is 13.0. The van der Waals surface area contributed by atoms with E-state index in [1.54, 1.807) is 60.7 Å². The number of imide groups is 1. The fourth-order valence-electron chi connectivity index (χ4n) is 3.65. The second-order valence-electron chi connectivity index (χ2n) is 8.19. The molecule has 1 N–H and O–H groups in total. The lowest BCUT2D eigenvalue weighted by Crippen LogP contribution is -2.36. The van der Waals surface area contributed by atoms with Crippen LogP contribution in [0.15, 0.2) is 65.6 Å². The molecule has 39 heavy (non-hydrogen) atoms. The monoisotopic (exact) mass is 662 g/mol. The first-order valence-electron chi connectivity index (χ1n) is 11.8. The Hall–Kier alpha value is -3.58. The van der Waals surface area contributed by atoms with Gasteiger partial charge in [0.25, 0.3) is 11.1 Å². The number of nitrogens with zero attached hydrogens (tertiary/aromatic N) is 1. The van der Waals surface area contributed by atoms with Crippen molar-refractivity contribution in [2.75, 3.05) is 25.6 Å². The molecule has 1 aliphatic rings. The van der Waals surface area contributed by atoms with Gasteiger partial charge in [-0.25, -0.2) is 4.39 Å². The number of halogens is 2. The molecule has 0 aromatic heterocycles. The molecule has 0 aliphatic carbocycles. The van der Waals surface area contributed by atoms with E-state index in [1.807, 2.05) is 6.92 Å². The first-order valence-corrected chi connectivity index (χ1v) is 13.7. The Bertz CT molecular complexity index is 1430. The molecule has 0 spiro atoms. The van der Waals surface area contributed by atoms with Gasteiger partial charge in [0.2, 0.25) is 5.91 Å². The van der Waals surface area contributed by atoms with Gasteiger partial charge in [0, 0.05) is 11.3 Å². The molecule has 1 aliphatic heterocycles. The van der Waals surface area contributed by atoms with E-state index in [4.69, 9.17) is 14.2 Å². The van der Waals surface area contributed by atoms with Crippen LogP contribution in [0.1, 0.15) is 18.1 Å². The number of carbonyl (C=O) groups is 3. The molecular formula is C28H24FIN2O6S. The van der Waals surface area contributed by atoms with Crippen molar-refractivity contribution in [3.8, 4) is 17.2 Å². The number of hydrogen-bond acceptors (Lipinski definition) is 7. The largest absolute Gasteiger partial charge is 0.497 e. The van der Waals surface area contributed by atoms with Gasteiger partial charge in [0.15, 0.2) is 11.5 Å². The molecule has 0 radical (unpaired) electrons. The predicted octanol–water partition coefficient (Wildman–Crippen LogP) is 6.09. The van der Waals surface area contributed by atoms with Crippen LogP contribution in [-0.2, 0) is 16.2 Å². The van der Waals surface area contributed by atoms with E-state index in [0.29, 0.717) is 44.2 Å². The second-order valence-corrected chi connectivity index (χ2v) is 10.3. The molecular weight excluding hydrogens is 638 g/mol. The number of rotatable bonds is 10. The van der Waals surface area contributed by atoms with E-state index in [1.165, 1.54) is 13.2 Å². The molecule has 3 aromatic rings. The highest BCUT2D eigenvalue weighted by Gasteiger charge is 2.36. The highest BCUT2D eigenvalue weighted by molar-refractivity contribution is 14.1. The lowest BCUT2D eigenvalue weighted by Gasteiger charge is -2.15. The van der Waals surface area contributed by atoms with Crippen molar-refractivity contribution in [2.45, 2.75) is 13.5 Å². The fraction of sp³-hybridized carbons (Fsp3) is 0.179. The Morgan fingerprint density at radius 3 is 2.54 bits per heavy atom. The van der Waals surface area contributed by atoms with Crippen molar-refractivity contribution >= 4 is 63.2 Å². The van der Waals surface area contributed by atoms with E-state index in [2.05, 4.69) is 27.9 Å². The van der Waals surface area contributed by atoms with E-state index in [9.17, 15) is 18.8 Å². The summed E-state index contributed by atoms with van der Waals surface area (Å²) in [6.45, 7) is 1.77. The number of ether oxygens (including phenoxy) is 3. The third kappa shape index (κ3) is 7.09. The van der Waals surface area contributed by atoms with Gasteiger partial charge >= 0.3 is 0 Å². The average Bonchev–Trinajstić information content (AvgIpc) is 3.17. The van der Waals surface area contributed by atoms with Crippen molar-refractivity contribution in [1.82, 2.24) is 4.90 Å². The van der Waals surface area contributed by atoms with E-state index in [-0.39, 0.29) is 17.3 Å². The Kier molecular flexibility index (Phi) is 9.46. The maximum Gasteiger partial charge on any atom is 0.294 e. The van der Waals surface area contributed by atoms with E-state index >= 15 is 0 Å². The van der Waals surface area contributed by atoms with Crippen LogP contribution >= 0.6 is 34.4 Å². The summed E-state index contributed by atoms with van der Waals surface area (Å²) >= 11 is 2.83. The number of methoxy groups -OCH3 is 1. The quantitative estimate of drug-likeness (QED) is 0.208. The molecule has 1 heterocycles. The Labute approximate surface area is 242 Å². The predicted molar refractivity (Wildman–Crippen MR) is 155 cm³/mol. The summed E-state index contributed by atoms with van der Waals surface area (Å²) in [6, 6.07) is 16.5. The van der Waals surface area contributed by atoms with Crippen molar-refractivity contribution in [1.29, 1.82) is 0 Å². The minimum Gasteiger partial charge on any atom is -0.497 e. The summed E-state index contributed by atoms with van der Waals surface area (Å²) in [5, 5.41) is 2.12. The molecule has 0 saturated carbocycles. The molecule has 0 bridgehead atoms.